The molecule has 0 aliphatic rings. The first kappa shape index (κ1) is 19.2. The van der Waals surface area contributed by atoms with E-state index >= 15 is 0 Å². The molecule has 0 bridgehead atoms. The Bertz CT molecular complexity index is 1070. The van der Waals surface area contributed by atoms with Crippen LogP contribution in [-0.4, -0.2) is 10.5 Å². The van der Waals surface area contributed by atoms with Crippen molar-refractivity contribution in [2.75, 3.05) is 5.32 Å². The van der Waals surface area contributed by atoms with E-state index in [9.17, 15) is 22.8 Å². The molecular weight excluding hydrogens is 425 g/mol. The summed E-state index contributed by atoms with van der Waals surface area (Å²) in [6.07, 6.45) is -3.21. The number of amides is 1. The van der Waals surface area contributed by atoms with Gasteiger partial charge >= 0.3 is 6.18 Å². The highest BCUT2D eigenvalue weighted by Gasteiger charge is 2.31. The van der Waals surface area contributed by atoms with Crippen molar-refractivity contribution < 1.29 is 18.0 Å². The van der Waals surface area contributed by atoms with Crippen LogP contribution in [-0.2, 0) is 12.7 Å². The van der Waals surface area contributed by atoms with Gasteiger partial charge in [-0.3, -0.25) is 9.59 Å². The lowest BCUT2D eigenvalue weighted by Crippen LogP contribution is -2.24. The zero-order valence-electron chi connectivity index (χ0n) is 14.1. The molecule has 3 aromatic rings. The summed E-state index contributed by atoms with van der Waals surface area (Å²) in [5, 5.41) is 2.45. The number of hydrogen-bond acceptors (Lipinski definition) is 2. The van der Waals surface area contributed by atoms with Crippen molar-refractivity contribution in [1.82, 2.24) is 4.57 Å². The van der Waals surface area contributed by atoms with E-state index in [-0.39, 0.29) is 10.9 Å². The van der Waals surface area contributed by atoms with Gasteiger partial charge < -0.3 is 9.88 Å². The van der Waals surface area contributed by atoms with Crippen molar-refractivity contribution in [2.24, 2.45) is 0 Å². The zero-order chi connectivity index (χ0) is 19.8. The van der Waals surface area contributed by atoms with Crippen molar-refractivity contribution in [2.45, 2.75) is 19.6 Å². The van der Waals surface area contributed by atoms with Crippen LogP contribution >= 0.6 is 15.9 Å². The second-order valence-electron chi connectivity index (χ2n) is 5.85. The molecule has 8 heteroatoms. The smallest absolute Gasteiger partial charge is 0.347 e. The maximum atomic E-state index is 13.0. The molecule has 0 spiro atoms. The average Bonchev–Trinajstić information content (AvgIpc) is 2.63. The Morgan fingerprint density at radius 1 is 1.15 bits per heavy atom. The Morgan fingerprint density at radius 3 is 2.41 bits per heavy atom. The van der Waals surface area contributed by atoms with Crippen molar-refractivity contribution in [3.63, 3.8) is 0 Å². The normalized spacial score (nSPS) is 11.6. The maximum Gasteiger partial charge on any atom is 0.416 e. The van der Waals surface area contributed by atoms with Crippen LogP contribution in [0.3, 0.4) is 0 Å². The van der Waals surface area contributed by atoms with E-state index in [1.54, 1.807) is 35.8 Å². The quantitative estimate of drug-likeness (QED) is 0.621. The number of aryl methyl sites for hydroxylation is 1. The number of carbonyl (C=O) groups excluding carboxylic acids is 1. The summed E-state index contributed by atoms with van der Waals surface area (Å²) in [5.41, 5.74) is -1.08. The molecule has 140 valence electrons. The largest absolute Gasteiger partial charge is 0.416 e. The molecule has 0 radical (unpaired) electrons. The number of rotatable bonds is 3. The minimum atomic E-state index is -4.58. The highest BCUT2D eigenvalue weighted by Crippen LogP contribution is 2.30. The predicted molar refractivity (Wildman–Crippen MR) is 101 cm³/mol. The molecule has 4 nitrogen and oxygen atoms in total. The van der Waals surface area contributed by atoms with Crippen LogP contribution in [0.25, 0.3) is 10.9 Å². The monoisotopic (exact) mass is 438 g/mol. The van der Waals surface area contributed by atoms with E-state index in [1.807, 2.05) is 0 Å². The van der Waals surface area contributed by atoms with Gasteiger partial charge in [0.05, 0.1) is 11.1 Å². The van der Waals surface area contributed by atoms with Crippen molar-refractivity contribution >= 4 is 38.4 Å². The van der Waals surface area contributed by atoms with Crippen LogP contribution < -0.4 is 10.7 Å². The van der Waals surface area contributed by atoms with Gasteiger partial charge in [-0.25, -0.2) is 0 Å². The van der Waals surface area contributed by atoms with Gasteiger partial charge in [-0.05, 0) is 49.4 Å². The standard InChI is InChI=1S/C19H14BrF3N2O2/c1-2-25-10-15(18(27)24-13-6-4-12(20)5-7-13)17(26)14-9-11(19(21,22)23)3-8-16(14)25/h3-10H,2H2,1H3,(H,24,27). The summed E-state index contributed by atoms with van der Waals surface area (Å²) >= 11 is 3.28. The van der Waals surface area contributed by atoms with Crippen molar-refractivity contribution in [3.8, 4) is 0 Å². The highest BCUT2D eigenvalue weighted by molar-refractivity contribution is 9.10. The molecule has 0 aliphatic heterocycles. The molecule has 0 fully saturated rings. The molecule has 1 heterocycles. The van der Waals surface area contributed by atoms with Gasteiger partial charge in [0.1, 0.15) is 5.56 Å². The van der Waals surface area contributed by atoms with Crippen LogP contribution in [0.1, 0.15) is 22.8 Å². The fourth-order valence-electron chi connectivity index (χ4n) is 2.73. The molecule has 1 aromatic heterocycles. The Labute approximate surface area is 160 Å². The third-order valence-electron chi connectivity index (χ3n) is 4.09. The van der Waals surface area contributed by atoms with Gasteiger partial charge in [0.25, 0.3) is 5.91 Å². The number of nitrogens with zero attached hydrogens (tertiary/aromatic N) is 1. The summed E-state index contributed by atoms with van der Waals surface area (Å²) in [7, 11) is 0. The fraction of sp³-hybridized carbons (Fsp3) is 0.158. The van der Waals surface area contributed by atoms with E-state index in [0.717, 1.165) is 16.6 Å². The molecule has 0 saturated heterocycles. The van der Waals surface area contributed by atoms with Crippen LogP contribution in [0.5, 0.6) is 0 Å². The van der Waals surface area contributed by atoms with Crippen molar-refractivity contribution in [1.29, 1.82) is 0 Å². The number of hydrogen-bond donors (Lipinski definition) is 1. The Morgan fingerprint density at radius 2 is 1.81 bits per heavy atom. The fourth-order valence-corrected chi connectivity index (χ4v) is 2.99. The molecule has 2 aromatic carbocycles. The number of alkyl halides is 3. The second-order valence-corrected chi connectivity index (χ2v) is 6.76. The van der Waals surface area contributed by atoms with Crippen molar-refractivity contribution in [3.05, 3.63) is 74.5 Å². The van der Waals surface area contributed by atoms with Gasteiger partial charge in [0.2, 0.25) is 5.43 Å². The van der Waals surface area contributed by atoms with Gasteiger partial charge in [-0.2, -0.15) is 13.2 Å². The number of pyridine rings is 1. The van der Waals surface area contributed by atoms with E-state index in [1.165, 1.54) is 12.3 Å². The third-order valence-corrected chi connectivity index (χ3v) is 4.62. The molecular formula is C19H14BrF3N2O2. The topological polar surface area (TPSA) is 51.1 Å². The number of aromatic nitrogens is 1. The lowest BCUT2D eigenvalue weighted by Gasteiger charge is -2.14. The molecule has 27 heavy (non-hydrogen) atoms. The Kier molecular flexibility index (Phi) is 5.10. The predicted octanol–water partition coefficient (Wildman–Crippen LogP) is 5.06. The summed E-state index contributed by atoms with van der Waals surface area (Å²) < 4.78 is 41.4. The number of carbonyl (C=O) groups is 1. The number of nitrogens with one attached hydrogen (secondary N) is 1. The lowest BCUT2D eigenvalue weighted by molar-refractivity contribution is -0.137. The highest BCUT2D eigenvalue weighted by atomic mass is 79.9. The van der Waals surface area contributed by atoms with E-state index in [4.69, 9.17) is 0 Å². The number of halogens is 4. The number of fused-ring (bicyclic) bond motifs is 1. The van der Waals surface area contributed by atoms with Gasteiger partial charge in [-0.15, -0.1) is 0 Å². The molecule has 1 N–H and O–H groups in total. The summed E-state index contributed by atoms with van der Waals surface area (Å²) in [6, 6.07) is 9.69. The second kappa shape index (κ2) is 7.19. The molecule has 0 atom stereocenters. The molecule has 1 amide bonds. The average molecular weight is 439 g/mol. The van der Waals surface area contributed by atoms with Crippen LogP contribution in [0.4, 0.5) is 18.9 Å². The lowest BCUT2D eigenvalue weighted by atomic mass is 10.1. The molecule has 0 saturated carbocycles. The number of anilines is 1. The van der Waals surface area contributed by atoms with Crippen LogP contribution in [0.15, 0.2) is 57.9 Å². The minimum Gasteiger partial charge on any atom is -0.347 e. The summed E-state index contributed by atoms with van der Waals surface area (Å²) in [4.78, 5) is 25.3. The van der Waals surface area contributed by atoms with Crippen LogP contribution in [0, 0.1) is 0 Å². The summed E-state index contributed by atoms with van der Waals surface area (Å²) in [5.74, 6) is -0.677. The first-order valence-electron chi connectivity index (χ1n) is 8.02. The molecule has 0 aliphatic carbocycles. The summed E-state index contributed by atoms with van der Waals surface area (Å²) in [6.45, 7) is 2.17. The zero-order valence-corrected chi connectivity index (χ0v) is 15.7. The van der Waals surface area contributed by atoms with E-state index in [2.05, 4.69) is 21.2 Å². The van der Waals surface area contributed by atoms with Gasteiger partial charge in [0, 0.05) is 28.3 Å². The first-order valence-corrected chi connectivity index (χ1v) is 8.81. The Hall–Kier alpha value is -2.61. The maximum absolute atomic E-state index is 13.0. The third kappa shape index (κ3) is 3.90. The first-order chi connectivity index (χ1) is 12.7. The molecule has 3 rings (SSSR count). The van der Waals surface area contributed by atoms with Crippen LogP contribution in [0.2, 0.25) is 0 Å². The van der Waals surface area contributed by atoms with Gasteiger partial charge in [0.15, 0.2) is 0 Å². The SMILES string of the molecule is CCn1cc(C(=O)Nc2ccc(Br)cc2)c(=O)c2cc(C(F)(F)F)ccc21. The molecule has 0 unspecified atom stereocenters. The Balaban J connectivity index is 2.12. The van der Waals surface area contributed by atoms with E-state index in [0.29, 0.717) is 17.7 Å². The number of benzene rings is 2. The van der Waals surface area contributed by atoms with Gasteiger partial charge in [-0.1, -0.05) is 15.9 Å². The van der Waals surface area contributed by atoms with E-state index < -0.39 is 23.1 Å². The minimum absolute atomic E-state index is 0.143.